The minimum atomic E-state index is -0.373. The summed E-state index contributed by atoms with van der Waals surface area (Å²) in [7, 11) is 0. The number of carbonyl (C=O) groups is 2. The lowest BCUT2D eigenvalue weighted by molar-refractivity contribution is -0.120. The molecule has 4 rings (SSSR count). The molecule has 3 aromatic rings. The van der Waals surface area contributed by atoms with Crippen LogP contribution in [0.5, 0.6) is 5.75 Å². The van der Waals surface area contributed by atoms with E-state index in [-0.39, 0.29) is 22.9 Å². The van der Waals surface area contributed by atoms with Crippen LogP contribution in [0.15, 0.2) is 71.7 Å². The van der Waals surface area contributed by atoms with Crippen LogP contribution in [0.4, 0.5) is 11.4 Å². The van der Waals surface area contributed by atoms with Crippen LogP contribution in [0.2, 0.25) is 0 Å². The maximum Gasteiger partial charge on any atom is 0.282 e. The van der Waals surface area contributed by atoms with Crippen LogP contribution in [-0.2, 0) is 15.0 Å². The Labute approximate surface area is 192 Å². The molecule has 6 heteroatoms. The van der Waals surface area contributed by atoms with Crippen molar-refractivity contribution in [2.75, 3.05) is 16.8 Å². The van der Waals surface area contributed by atoms with E-state index >= 15 is 0 Å². The highest BCUT2D eigenvalue weighted by atomic mass is 32.1. The third-order valence-corrected chi connectivity index (χ3v) is 6.17. The summed E-state index contributed by atoms with van der Waals surface area (Å²) in [6, 6.07) is 18.7. The van der Waals surface area contributed by atoms with Gasteiger partial charge in [0.25, 0.3) is 11.8 Å². The van der Waals surface area contributed by atoms with Crippen molar-refractivity contribution in [3.05, 3.63) is 82.2 Å². The number of thiophene rings is 1. The van der Waals surface area contributed by atoms with E-state index < -0.39 is 0 Å². The van der Waals surface area contributed by atoms with Crippen molar-refractivity contribution in [1.82, 2.24) is 0 Å². The molecule has 2 amide bonds. The molecule has 1 aliphatic heterocycles. The summed E-state index contributed by atoms with van der Waals surface area (Å²) < 4.78 is 5.48. The van der Waals surface area contributed by atoms with E-state index in [9.17, 15) is 9.59 Å². The Balaban J connectivity index is 1.69. The molecule has 0 spiro atoms. The number of benzene rings is 2. The summed E-state index contributed by atoms with van der Waals surface area (Å²) in [6.07, 6.45) is 0. The van der Waals surface area contributed by atoms with Crippen molar-refractivity contribution in [2.45, 2.75) is 33.1 Å². The summed E-state index contributed by atoms with van der Waals surface area (Å²) >= 11 is 1.43. The number of hydrogen-bond acceptors (Lipinski definition) is 5. The van der Waals surface area contributed by atoms with Gasteiger partial charge in [0, 0.05) is 10.6 Å². The second kappa shape index (κ2) is 8.63. The maximum absolute atomic E-state index is 13.4. The van der Waals surface area contributed by atoms with Gasteiger partial charge in [0.2, 0.25) is 0 Å². The van der Waals surface area contributed by atoms with Crippen LogP contribution in [-0.4, -0.2) is 18.4 Å². The molecule has 0 bridgehead atoms. The summed E-state index contributed by atoms with van der Waals surface area (Å²) in [5.74, 6) is -0.0167. The van der Waals surface area contributed by atoms with Crippen LogP contribution in [0.25, 0.3) is 5.57 Å². The molecule has 32 heavy (non-hydrogen) atoms. The van der Waals surface area contributed by atoms with E-state index in [0.29, 0.717) is 23.6 Å². The zero-order chi connectivity index (χ0) is 22.9. The average Bonchev–Trinajstić information content (AvgIpc) is 3.36. The van der Waals surface area contributed by atoms with Crippen molar-refractivity contribution >= 4 is 40.1 Å². The lowest BCUT2D eigenvalue weighted by Crippen LogP contribution is -2.32. The first-order chi connectivity index (χ1) is 15.3. The number of ether oxygens (including phenoxy) is 1. The van der Waals surface area contributed by atoms with Crippen LogP contribution >= 0.6 is 11.3 Å². The van der Waals surface area contributed by atoms with Gasteiger partial charge in [-0.3, -0.25) is 9.59 Å². The van der Waals surface area contributed by atoms with Gasteiger partial charge in [0.1, 0.15) is 11.4 Å². The molecule has 164 valence electrons. The molecule has 1 aromatic heterocycles. The molecule has 0 radical (unpaired) electrons. The van der Waals surface area contributed by atoms with Crippen molar-refractivity contribution in [2.24, 2.45) is 0 Å². The van der Waals surface area contributed by atoms with Gasteiger partial charge in [-0.25, -0.2) is 4.90 Å². The van der Waals surface area contributed by atoms with Crippen molar-refractivity contribution < 1.29 is 14.3 Å². The molecule has 0 saturated heterocycles. The van der Waals surface area contributed by atoms with Gasteiger partial charge >= 0.3 is 0 Å². The van der Waals surface area contributed by atoms with E-state index in [1.165, 1.54) is 21.8 Å². The zero-order valence-electron chi connectivity index (χ0n) is 18.6. The van der Waals surface area contributed by atoms with Crippen LogP contribution < -0.4 is 15.0 Å². The molecule has 0 fully saturated rings. The number of rotatable bonds is 6. The molecule has 0 aliphatic carbocycles. The monoisotopic (exact) mass is 446 g/mol. The van der Waals surface area contributed by atoms with E-state index in [2.05, 4.69) is 26.1 Å². The van der Waals surface area contributed by atoms with Crippen molar-refractivity contribution in [3.63, 3.8) is 0 Å². The second-order valence-electron chi connectivity index (χ2n) is 8.55. The minimum Gasteiger partial charge on any atom is -0.494 e. The van der Waals surface area contributed by atoms with Gasteiger partial charge in [-0.1, -0.05) is 39.0 Å². The predicted molar refractivity (Wildman–Crippen MR) is 130 cm³/mol. The van der Waals surface area contributed by atoms with E-state index in [0.717, 1.165) is 10.6 Å². The number of carbonyl (C=O) groups excluding carboxylic acids is 2. The van der Waals surface area contributed by atoms with Gasteiger partial charge < -0.3 is 10.1 Å². The molecular weight excluding hydrogens is 420 g/mol. The van der Waals surface area contributed by atoms with Gasteiger partial charge in [0.15, 0.2) is 0 Å². The quantitative estimate of drug-likeness (QED) is 0.483. The van der Waals surface area contributed by atoms with Crippen molar-refractivity contribution in [3.8, 4) is 5.75 Å². The Hall–Kier alpha value is -3.38. The molecule has 0 saturated carbocycles. The first-order valence-corrected chi connectivity index (χ1v) is 11.4. The third-order valence-electron chi connectivity index (χ3n) is 5.28. The van der Waals surface area contributed by atoms with Crippen LogP contribution in [0.1, 0.15) is 38.1 Å². The van der Waals surface area contributed by atoms with E-state index in [1.807, 2.05) is 48.7 Å². The third kappa shape index (κ3) is 4.18. The Bertz CT molecular complexity index is 1160. The number of anilines is 2. The minimum absolute atomic E-state index is 0.0313. The van der Waals surface area contributed by atoms with Crippen molar-refractivity contribution in [1.29, 1.82) is 0 Å². The molecule has 1 N–H and O–H groups in total. The van der Waals surface area contributed by atoms with E-state index in [1.54, 1.807) is 24.3 Å². The number of nitrogens with one attached hydrogen (secondary N) is 1. The van der Waals surface area contributed by atoms with Gasteiger partial charge in [0.05, 0.1) is 17.9 Å². The highest BCUT2D eigenvalue weighted by Crippen LogP contribution is 2.36. The fourth-order valence-corrected chi connectivity index (χ4v) is 4.35. The number of amides is 2. The molecule has 2 aromatic carbocycles. The zero-order valence-corrected chi connectivity index (χ0v) is 19.5. The normalized spacial score (nSPS) is 14.3. The topological polar surface area (TPSA) is 58.6 Å². The van der Waals surface area contributed by atoms with Gasteiger partial charge in [-0.05, 0) is 65.7 Å². The first kappa shape index (κ1) is 21.8. The Morgan fingerprint density at radius 2 is 1.62 bits per heavy atom. The van der Waals surface area contributed by atoms with Crippen LogP contribution in [0.3, 0.4) is 0 Å². The smallest absolute Gasteiger partial charge is 0.282 e. The Kier molecular flexibility index (Phi) is 5.89. The fraction of sp³-hybridized carbons (Fsp3) is 0.231. The maximum atomic E-state index is 13.4. The lowest BCUT2D eigenvalue weighted by Gasteiger charge is -2.19. The second-order valence-corrected chi connectivity index (χ2v) is 9.50. The molecule has 0 atom stereocenters. The fourth-order valence-electron chi connectivity index (χ4n) is 3.59. The summed E-state index contributed by atoms with van der Waals surface area (Å²) in [4.78, 5) is 28.8. The summed E-state index contributed by atoms with van der Waals surface area (Å²) in [5, 5.41) is 5.12. The highest BCUT2D eigenvalue weighted by Gasteiger charge is 2.40. The van der Waals surface area contributed by atoms with Crippen LogP contribution in [0, 0.1) is 0 Å². The Morgan fingerprint density at radius 3 is 2.19 bits per heavy atom. The van der Waals surface area contributed by atoms with Gasteiger partial charge in [-0.15, -0.1) is 11.3 Å². The highest BCUT2D eigenvalue weighted by molar-refractivity contribution is 7.11. The molecule has 5 nitrogen and oxygen atoms in total. The average molecular weight is 447 g/mol. The summed E-state index contributed by atoms with van der Waals surface area (Å²) in [5.41, 5.74) is 3.17. The van der Waals surface area contributed by atoms with E-state index in [4.69, 9.17) is 4.74 Å². The largest absolute Gasteiger partial charge is 0.494 e. The number of hydrogen-bond donors (Lipinski definition) is 1. The van der Waals surface area contributed by atoms with Gasteiger partial charge in [-0.2, -0.15) is 0 Å². The molecule has 0 unspecified atom stereocenters. The predicted octanol–water partition coefficient (Wildman–Crippen LogP) is 5.84. The SMILES string of the molecule is CCOc1ccc(N2C(=O)C(Nc3ccc(C(C)(C)C)cc3)=C(c3cccs3)C2=O)cc1. The molecular formula is C26H26N2O3S. The first-order valence-electron chi connectivity index (χ1n) is 10.6. The Morgan fingerprint density at radius 1 is 0.938 bits per heavy atom. The molecule has 2 heterocycles. The summed E-state index contributed by atoms with van der Waals surface area (Å²) in [6.45, 7) is 8.92. The molecule has 1 aliphatic rings. The standard InChI is InChI=1S/C26H26N2O3S/c1-5-31-20-14-12-19(13-15-20)28-24(29)22(21-7-6-16-32-21)23(25(28)30)27-18-10-8-17(9-11-18)26(2,3)4/h6-16,27H,5H2,1-4H3. The number of nitrogens with zero attached hydrogens (tertiary/aromatic N) is 1. The lowest BCUT2D eigenvalue weighted by atomic mass is 9.87. The number of imide groups is 1.